The first-order chi connectivity index (χ1) is 9.54. The number of morpholine rings is 1. The van der Waals surface area contributed by atoms with Crippen LogP contribution in [0.15, 0.2) is 0 Å². The van der Waals surface area contributed by atoms with Crippen molar-refractivity contribution in [2.45, 2.75) is 45.7 Å². The van der Waals surface area contributed by atoms with E-state index in [2.05, 4.69) is 10.6 Å². The zero-order chi connectivity index (χ0) is 15.0. The first kappa shape index (κ1) is 16.9. The first-order valence-electron chi connectivity index (χ1n) is 7.43. The molecule has 2 atom stereocenters. The summed E-state index contributed by atoms with van der Waals surface area (Å²) in [7, 11) is 0. The van der Waals surface area contributed by atoms with Crippen LogP contribution in [-0.2, 0) is 14.3 Å². The third-order valence-electron chi connectivity index (χ3n) is 3.55. The van der Waals surface area contributed by atoms with Gasteiger partial charge in [0.2, 0.25) is 11.8 Å². The molecule has 2 N–H and O–H groups in total. The van der Waals surface area contributed by atoms with Gasteiger partial charge >= 0.3 is 0 Å². The van der Waals surface area contributed by atoms with Crippen molar-refractivity contribution in [3.05, 3.63) is 0 Å². The summed E-state index contributed by atoms with van der Waals surface area (Å²) in [5, 5.41) is 6.01. The standard InChI is InChI=1S/C14H27N3O3/c1-4-11(2)16-14(19)12(3)15-6-5-13(18)17-7-9-20-10-8-17/h11-12,15H,4-10H2,1-3H3,(H,16,19). The van der Waals surface area contributed by atoms with Crippen molar-refractivity contribution in [3.8, 4) is 0 Å². The highest BCUT2D eigenvalue weighted by molar-refractivity contribution is 5.81. The normalized spacial score (nSPS) is 18.4. The fourth-order valence-corrected chi connectivity index (χ4v) is 1.93. The minimum atomic E-state index is -0.276. The number of carbonyl (C=O) groups is 2. The van der Waals surface area contributed by atoms with Crippen LogP contribution in [0.25, 0.3) is 0 Å². The van der Waals surface area contributed by atoms with E-state index in [0.717, 1.165) is 6.42 Å². The number of hydrogen-bond donors (Lipinski definition) is 2. The Morgan fingerprint density at radius 1 is 1.25 bits per heavy atom. The Kier molecular flexibility index (Phi) is 7.54. The van der Waals surface area contributed by atoms with Crippen LogP contribution in [0, 0.1) is 0 Å². The molecule has 0 radical (unpaired) electrons. The molecule has 0 aromatic heterocycles. The average molecular weight is 285 g/mol. The number of nitrogens with one attached hydrogen (secondary N) is 2. The van der Waals surface area contributed by atoms with E-state index < -0.39 is 0 Å². The van der Waals surface area contributed by atoms with Crippen LogP contribution in [0.1, 0.15) is 33.6 Å². The maximum absolute atomic E-state index is 11.9. The van der Waals surface area contributed by atoms with E-state index >= 15 is 0 Å². The molecule has 0 aliphatic carbocycles. The maximum atomic E-state index is 11.9. The molecular weight excluding hydrogens is 258 g/mol. The summed E-state index contributed by atoms with van der Waals surface area (Å²) in [6.45, 7) is 8.92. The van der Waals surface area contributed by atoms with Gasteiger partial charge in [0.1, 0.15) is 0 Å². The number of rotatable bonds is 7. The molecule has 0 spiro atoms. The number of ether oxygens (including phenoxy) is 1. The summed E-state index contributed by atoms with van der Waals surface area (Å²) in [6.07, 6.45) is 1.33. The first-order valence-corrected chi connectivity index (χ1v) is 7.43. The van der Waals surface area contributed by atoms with Gasteiger partial charge < -0.3 is 20.3 Å². The Morgan fingerprint density at radius 3 is 2.50 bits per heavy atom. The van der Waals surface area contributed by atoms with E-state index in [0.29, 0.717) is 39.3 Å². The van der Waals surface area contributed by atoms with E-state index in [4.69, 9.17) is 4.74 Å². The molecule has 1 aliphatic rings. The van der Waals surface area contributed by atoms with E-state index in [-0.39, 0.29) is 23.9 Å². The number of carbonyl (C=O) groups excluding carboxylic acids is 2. The lowest BCUT2D eigenvalue weighted by molar-refractivity contribution is -0.135. The predicted octanol–water partition coefficient (Wildman–Crippen LogP) is 0.128. The highest BCUT2D eigenvalue weighted by atomic mass is 16.5. The van der Waals surface area contributed by atoms with Crippen LogP contribution in [0.5, 0.6) is 0 Å². The molecule has 1 fully saturated rings. The molecule has 6 heteroatoms. The number of nitrogens with zero attached hydrogens (tertiary/aromatic N) is 1. The van der Waals surface area contributed by atoms with E-state index in [9.17, 15) is 9.59 Å². The molecule has 20 heavy (non-hydrogen) atoms. The SMILES string of the molecule is CCC(C)NC(=O)C(C)NCCC(=O)N1CCOCC1. The maximum Gasteiger partial charge on any atom is 0.237 e. The fourth-order valence-electron chi connectivity index (χ4n) is 1.93. The van der Waals surface area contributed by atoms with Crippen molar-refractivity contribution >= 4 is 11.8 Å². The summed E-state index contributed by atoms with van der Waals surface area (Å²) in [6, 6.07) is -0.0942. The predicted molar refractivity (Wildman–Crippen MR) is 77.4 cm³/mol. The van der Waals surface area contributed by atoms with E-state index in [1.165, 1.54) is 0 Å². The highest BCUT2D eigenvalue weighted by Gasteiger charge is 2.18. The lowest BCUT2D eigenvalue weighted by atomic mass is 10.2. The average Bonchev–Trinajstić information content (AvgIpc) is 2.47. The minimum absolute atomic E-state index is 0.0156. The van der Waals surface area contributed by atoms with E-state index in [1.54, 1.807) is 0 Å². The lowest BCUT2D eigenvalue weighted by Gasteiger charge is -2.27. The van der Waals surface area contributed by atoms with Gasteiger partial charge in [-0.05, 0) is 20.3 Å². The summed E-state index contributed by atoms with van der Waals surface area (Å²) in [5.74, 6) is 0.105. The fraction of sp³-hybridized carbons (Fsp3) is 0.857. The Balaban J connectivity index is 2.18. The van der Waals surface area contributed by atoms with Gasteiger partial charge in [0.15, 0.2) is 0 Å². The van der Waals surface area contributed by atoms with Crippen LogP contribution in [-0.4, -0.2) is 61.6 Å². The van der Waals surface area contributed by atoms with Gasteiger partial charge in [0.25, 0.3) is 0 Å². The van der Waals surface area contributed by atoms with Crippen LogP contribution in [0.3, 0.4) is 0 Å². The van der Waals surface area contributed by atoms with Crippen molar-refractivity contribution in [2.75, 3.05) is 32.8 Å². The van der Waals surface area contributed by atoms with Gasteiger partial charge in [-0.3, -0.25) is 9.59 Å². The number of hydrogen-bond acceptors (Lipinski definition) is 4. The third-order valence-corrected chi connectivity index (χ3v) is 3.55. The number of amides is 2. The van der Waals surface area contributed by atoms with E-state index in [1.807, 2.05) is 25.7 Å². The molecule has 1 heterocycles. The van der Waals surface area contributed by atoms with Gasteiger partial charge in [-0.1, -0.05) is 6.92 Å². The molecule has 1 saturated heterocycles. The Labute approximate surface area is 121 Å². The molecule has 1 aliphatic heterocycles. The zero-order valence-electron chi connectivity index (χ0n) is 12.8. The lowest BCUT2D eigenvalue weighted by Crippen LogP contribution is -2.46. The summed E-state index contributed by atoms with van der Waals surface area (Å²) < 4.78 is 5.21. The topological polar surface area (TPSA) is 70.7 Å². The van der Waals surface area contributed by atoms with Crippen LogP contribution < -0.4 is 10.6 Å². The van der Waals surface area contributed by atoms with Gasteiger partial charge in [0, 0.05) is 32.1 Å². The quantitative estimate of drug-likeness (QED) is 0.697. The van der Waals surface area contributed by atoms with Crippen LogP contribution in [0.2, 0.25) is 0 Å². The Bertz CT molecular complexity index is 317. The third kappa shape index (κ3) is 5.88. The molecule has 0 aromatic rings. The largest absolute Gasteiger partial charge is 0.378 e. The van der Waals surface area contributed by atoms with Crippen LogP contribution in [0.4, 0.5) is 0 Å². The highest BCUT2D eigenvalue weighted by Crippen LogP contribution is 1.99. The van der Waals surface area contributed by atoms with Crippen LogP contribution >= 0.6 is 0 Å². The summed E-state index contributed by atoms with van der Waals surface area (Å²) in [5.41, 5.74) is 0. The van der Waals surface area contributed by atoms with Crippen molar-refractivity contribution in [2.24, 2.45) is 0 Å². The smallest absolute Gasteiger partial charge is 0.237 e. The molecule has 0 saturated carbocycles. The van der Waals surface area contributed by atoms with Gasteiger partial charge in [0.05, 0.1) is 19.3 Å². The zero-order valence-corrected chi connectivity index (χ0v) is 12.8. The second-order valence-electron chi connectivity index (χ2n) is 5.24. The minimum Gasteiger partial charge on any atom is -0.378 e. The van der Waals surface area contributed by atoms with Gasteiger partial charge in [-0.2, -0.15) is 0 Å². The molecule has 2 unspecified atom stereocenters. The second kappa shape index (κ2) is 8.92. The van der Waals surface area contributed by atoms with Crippen molar-refractivity contribution in [3.63, 3.8) is 0 Å². The van der Waals surface area contributed by atoms with Crippen molar-refractivity contribution < 1.29 is 14.3 Å². The molecule has 1 rings (SSSR count). The monoisotopic (exact) mass is 285 g/mol. The molecular formula is C14H27N3O3. The summed E-state index contributed by atoms with van der Waals surface area (Å²) in [4.78, 5) is 25.5. The Morgan fingerprint density at radius 2 is 1.90 bits per heavy atom. The molecule has 0 bridgehead atoms. The Hall–Kier alpha value is -1.14. The molecule has 0 aromatic carbocycles. The van der Waals surface area contributed by atoms with Crippen molar-refractivity contribution in [1.82, 2.24) is 15.5 Å². The van der Waals surface area contributed by atoms with Gasteiger partial charge in [-0.25, -0.2) is 0 Å². The molecule has 2 amide bonds. The van der Waals surface area contributed by atoms with Gasteiger partial charge in [-0.15, -0.1) is 0 Å². The molecule has 116 valence electrons. The second-order valence-corrected chi connectivity index (χ2v) is 5.24. The summed E-state index contributed by atoms with van der Waals surface area (Å²) >= 11 is 0. The molecule has 6 nitrogen and oxygen atoms in total. The van der Waals surface area contributed by atoms with Crippen molar-refractivity contribution in [1.29, 1.82) is 0 Å².